The van der Waals surface area contributed by atoms with Crippen molar-refractivity contribution < 1.29 is 0 Å². The molecule has 5 heteroatoms. The number of hydrogen-bond acceptors (Lipinski definition) is 3. The second-order valence-electron chi connectivity index (χ2n) is 12.1. The molecule has 0 spiro atoms. The fourth-order valence-electron chi connectivity index (χ4n) is 7.14. The minimum Gasteiger partial charge on any atom is -0.309 e. The van der Waals surface area contributed by atoms with E-state index in [0.29, 0.717) is 17.6 Å². The summed E-state index contributed by atoms with van der Waals surface area (Å²) in [6.45, 7) is 0. The maximum Gasteiger partial charge on any atom is 0.238 e. The fourth-order valence-corrected chi connectivity index (χ4v) is 7.14. The van der Waals surface area contributed by atoms with Gasteiger partial charge in [0.1, 0.15) is 0 Å². The zero-order chi connectivity index (χ0) is 31.6. The Morgan fingerprint density at radius 3 is 1.62 bits per heavy atom. The van der Waals surface area contributed by atoms with Crippen LogP contribution in [-0.4, -0.2) is 24.1 Å². The van der Waals surface area contributed by atoms with Gasteiger partial charge in [0, 0.05) is 38.4 Å². The van der Waals surface area contributed by atoms with Crippen molar-refractivity contribution in [2.45, 2.75) is 0 Å². The Morgan fingerprint density at radius 2 is 0.896 bits per heavy atom. The van der Waals surface area contributed by atoms with Gasteiger partial charge in [-0.15, -0.1) is 0 Å². The molecule has 3 heterocycles. The molecule has 10 aromatic rings. The van der Waals surface area contributed by atoms with Gasteiger partial charge in [-0.1, -0.05) is 121 Å². The normalized spacial score (nSPS) is 11.8. The van der Waals surface area contributed by atoms with E-state index >= 15 is 0 Å². The van der Waals surface area contributed by atoms with E-state index in [1.807, 2.05) is 18.2 Å². The molecule has 0 N–H and O–H groups in total. The summed E-state index contributed by atoms with van der Waals surface area (Å²) in [5.41, 5.74) is 7.40. The number of benzene rings is 7. The second kappa shape index (κ2) is 10.5. The lowest BCUT2D eigenvalue weighted by Crippen LogP contribution is -2.06. The smallest absolute Gasteiger partial charge is 0.238 e. The number of hydrogen-bond donors (Lipinski definition) is 0. The summed E-state index contributed by atoms with van der Waals surface area (Å²) in [6, 6.07) is 57.4. The van der Waals surface area contributed by atoms with Crippen LogP contribution in [0.4, 0.5) is 0 Å². The summed E-state index contributed by atoms with van der Waals surface area (Å²) in [7, 11) is 0. The molecule has 0 unspecified atom stereocenters. The number of aromatic nitrogens is 5. The molecule has 0 bridgehead atoms. The SMILES string of the molecule is c1ccc(-c2nc(-c3ccc4ccccc4c3)nc(-n3c4ccccc4c4cc5c6ccccc6n(-c6ccccc6)c5cc43)n2)cc1. The van der Waals surface area contributed by atoms with Crippen molar-refractivity contribution in [3.05, 3.63) is 164 Å². The van der Waals surface area contributed by atoms with Gasteiger partial charge in [0.15, 0.2) is 11.6 Å². The third-order valence-electron chi connectivity index (χ3n) is 9.34. The quantitative estimate of drug-likeness (QED) is 0.198. The number of rotatable bonds is 4. The van der Waals surface area contributed by atoms with E-state index in [-0.39, 0.29) is 0 Å². The fraction of sp³-hybridized carbons (Fsp3) is 0. The van der Waals surface area contributed by atoms with E-state index in [1.54, 1.807) is 0 Å². The Kier molecular flexibility index (Phi) is 5.81. The lowest BCUT2D eigenvalue weighted by molar-refractivity contribution is 0.954. The summed E-state index contributed by atoms with van der Waals surface area (Å²) in [5.74, 6) is 1.85. The third-order valence-corrected chi connectivity index (χ3v) is 9.34. The van der Waals surface area contributed by atoms with Crippen LogP contribution < -0.4 is 0 Å². The first-order valence-corrected chi connectivity index (χ1v) is 16.1. The first-order chi connectivity index (χ1) is 23.8. The Balaban J connectivity index is 1.31. The summed E-state index contributed by atoms with van der Waals surface area (Å²) < 4.78 is 4.56. The molecule has 3 aromatic heterocycles. The van der Waals surface area contributed by atoms with Gasteiger partial charge < -0.3 is 4.57 Å². The molecule has 48 heavy (non-hydrogen) atoms. The minimum atomic E-state index is 0.583. The maximum atomic E-state index is 5.22. The molecular weight excluding hydrogens is 587 g/mol. The molecule has 10 rings (SSSR count). The van der Waals surface area contributed by atoms with E-state index in [9.17, 15) is 0 Å². The summed E-state index contributed by atoms with van der Waals surface area (Å²) >= 11 is 0. The molecule has 0 saturated heterocycles. The zero-order valence-corrected chi connectivity index (χ0v) is 25.8. The average Bonchev–Trinajstić information content (AvgIpc) is 3.66. The van der Waals surface area contributed by atoms with E-state index in [1.165, 1.54) is 21.7 Å². The van der Waals surface area contributed by atoms with Crippen LogP contribution >= 0.6 is 0 Å². The van der Waals surface area contributed by atoms with Crippen LogP contribution in [0, 0.1) is 0 Å². The Hall–Kier alpha value is -6.59. The molecule has 0 saturated carbocycles. The van der Waals surface area contributed by atoms with Gasteiger partial charge in [-0.05, 0) is 53.2 Å². The molecule has 0 aliphatic carbocycles. The number of para-hydroxylation sites is 3. The second-order valence-corrected chi connectivity index (χ2v) is 12.1. The van der Waals surface area contributed by atoms with E-state index < -0.39 is 0 Å². The van der Waals surface area contributed by atoms with Crippen molar-refractivity contribution >= 4 is 54.4 Å². The minimum absolute atomic E-state index is 0.583. The van der Waals surface area contributed by atoms with Crippen molar-refractivity contribution in [2.24, 2.45) is 0 Å². The van der Waals surface area contributed by atoms with E-state index in [2.05, 4.69) is 155 Å². The molecule has 0 aliphatic rings. The summed E-state index contributed by atoms with van der Waals surface area (Å²) in [4.78, 5) is 15.4. The summed E-state index contributed by atoms with van der Waals surface area (Å²) in [6.07, 6.45) is 0. The van der Waals surface area contributed by atoms with Crippen molar-refractivity contribution in [3.63, 3.8) is 0 Å². The third kappa shape index (κ3) is 4.08. The molecule has 5 nitrogen and oxygen atoms in total. The number of fused-ring (bicyclic) bond motifs is 7. The lowest BCUT2D eigenvalue weighted by atomic mass is 10.1. The lowest BCUT2D eigenvalue weighted by Gasteiger charge is -2.12. The zero-order valence-electron chi connectivity index (χ0n) is 25.8. The van der Waals surface area contributed by atoms with Gasteiger partial charge in [0.05, 0.1) is 22.1 Å². The van der Waals surface area contributed by atoms with Crippen LogP contribution in [0.25, 0.3) is 88.8 Å². The Labute approximate surface area is 276 Å². The van der Waals surface area contributed by atoms with Crippen LogP contribution in [0.3, 0.4) is 0 Å². The van der Waals surface area contributed by atoms with Gasteiger partial charge in [0.2, 0.25) is 5.95 Å². The highest BCUT2D eigenvalue weighted by molar-refractivity contribution is 6.19. The molecule has 224 valence electrons. The standard InChI is InChI=1S/C43H27N5/c1-3-14-29(15-4-1)41-44-42(31-24-23-28-13-7-8-16-30(28)25-31)46-43(45-41)48-38-22-12-10-20-34(38)36-26-35-33-19-9-11-21-37(33)47(39(35)27-40(36)48)32-17-5-2-6-18-32/h1-27H. The molecule has 0 amide bonds. The molecular formula is C43H27N5. The predicted octanol–water partition coefficient (Wildman–Crippen LogP) is 10.6. The first kappa shape index (κ1) is 26.6. The summed E-state index contributed by atoms with van der Waals surface area (Å²) in [5, 5.41) is 7.07. The molecule has 0 fully saturated rings. The maximum absolute atomic E-state index is 5.22. The molecule has 0 atom stereocenters. The largest absolute Gasteiger partial charge is 0.309 e. The van der Waals surface area contributed by atoms with Crippen molar-refractivity contribution in [1.82, 2.24) is 24.1 Å². The highest BCUT2D eigenvalue weighted by atomic mass is 15.2. The highest BCUT2D eigenvalue weighted by Gasteiger charge is 2.21. The highest BCUT2D eigenvalue weighted by Crippen LogP contribution is 2.39. The van der Waals surface area contributed by atoms with Crippen LogP contribution in [0.15, 0.2) is 164 Å². The molecule has 7 aromatic carbocycles. The van der Waals surface area contributed by atoms with Crippen molar-refractivity contribution in [3.8, 4) is 34.4 Å². The van der Waals surface area contributed by atoms with Gasteiger partial charge in [-0.25, -0.2) is 4.98 Å². The van der Waals surface area contributed by atoms with Gasteiger partial charge in [0.25, 0.3) is 0 Å². The Morgan fingerprint density at radius 1 is 0.333 bits per heavy atom. The predicted molar refractivity (Wildman–Crippen MR) is 197 cm³/mol. The van der Waals surface area contributed by atoms with Crippen LogP contribution in [0.5, 0.6) is 0 Å². The van der Waals surface area contributed by atoms with Crippen LogP contribution in [-0.2, 0) is 0 Å². The number of nitrogens with zero attached hydrogens (tertiary/aromatic N) is 5. The van der Waals surface area contributed by atoms with Crippen molar-refractivity contribution in [2.75, 3.05) is 0 Å². The monoisotopic (exact) mass is 613 g/mol. The van der Waals surface area contributed by atoms with Gasteiger partial charge in [-0.3, -0.25) is 4.57 Å². The van der Waals surface area contributed by atoms with Crippen molar-refractivity contribution in [1.29, 1.82) is 0 Å². The Bertz CT molecular complexity index is 2830. The average molecular weight is 614 g/mol. The van der Waals surface area contributed by atoms with Gasteiger partial charge >= 0.3 is 0 Å². The molecule has 0 radical (unpaired) electrons. The van der Waals surface area contributed by atoms with Gasteiger partial charge in [-0.2, -0.15) is 9.97 Å². The first-order valence-electron chi connectivity index (χ1n) is 16.1. The van der Waals surface area contributed by atoms with Crippen LogP contribution in [0.2, 0.25) is 0 Å². The molecule has 0 aliphatic heterocycles. The van der Waals surface area contributed by atoms with Crippen LogP contribution in [0.1, 0.15) is 0 Å². The van der Waals surface area contributed by atoms with E-state index in [0.717, 1.165) is 49.5 Å². The van der Waals surface area contributed by atoms with E-state index in [4.69, 9.17) is 15.0 Å². The topological polar surface area (TPSA) is 48.5 Å².